The van der Waals surface area contributed by atoms with Gasteiger partial charge in [-0.05, 0) is 12.8 Å². The molecule has 0 amide bonds. The Morgan fingerprint density at radius 2 is 2.00 bits per heavy atom. The van der Waals surface area contributed by atoms with E-state index in [1.54, 1.807) is 7.11 Å². The van der Waals surface area contributed by atoms with Gasteiger partial charge in [-0.2, -0.15) is 0 Å². The second-order valence-corrected chi connectivity index (χ2v) is 4.54. The molecule has 0 saturated heterocycles. The molecule has 94 valence electrons. The molecule has 0 saturated carbocycles. The lowest BCUT2D eigenvalue weighted by molar-refractivity contribution is 0.115. The third-order valence-electron chi connectivity index (χ3n) is 3.33. The molecule has 1 aliphatic heterocycles. The van der Waals surface area contributed by atoms with Crippen LogP contribution in [0.2, 0.25) is 0 Å². The molecule has 0 bridgehead atoms. The summed E-state index contributed by atoms with van der Waals surface area (Å²) < 4.78 is 5.15. The van der Waals surface area contributed by atoms with Crippen LogP contribution in [0.3, 0.4) is 0 Å². The van der Waals surface area contributed by atoms with Crippen LogP contribution in [-0.4, -0.2) is 43.2 Å². The van der Waals surface area contributed by atoms with Gasteiger partial charge in [0.05, 0.1) is 18.7 Å². The molecule has 0 atom stereocenters. The second kappa shape index (κ2) is 6.09. The molecule has 0 spiro atoms. The average molecular weight is 227 g/mol. The Bertz CT molecular complexity index is 234. The number of nitrogens with zero attached hydrogens (tertiary/aromatic N) is 2. The highest BCUT2D eigenvalue weighted by molar-refractivity contribution is 5.81. The third kappa shape index (κ3) is 2.67. The zero-order valence-electron chi connectivity index (χ0n) is 10.8. The Labute approximate surface area is 98.9 Å². The highest BCUT2D eigenvalue weighted by Crippen LogP contribution is 2.31. The van der Waals surface area contributed by atoms with Crippen LogP contribution in [0.15, 0.2) is 4.99 Å². The smallest absolute Gasteiger partial charge is 0.191 e. The number of guanidine groups is 1. The summed E-state index contributed by atoms with van der Waals surface area (Å²) in [6.45, 7) is 6.86. The summed E-state index contributed by atoms with van der Waals surface area (Å²) in [5.41, 5.74) is 6.14. The van der Waals surface area contributed by atoms with Crippen LogP contribution in [0.5, 0.6) is 0 Å². The fraction of sp³-hybridized carbons (Fsp3) is 0.917. The van der Waals surface area contributed by atoms with Crippen LogP contribution in [0, 0.1) is 0 Å². The zero-order valence-corrected chi connectivity index (χ0v) is 10.8. The standard InChI is InChI=1S/C12H25N3O/c1-4-6-12(7-5-2)10-14-11(13)15(12)8-9-16-3/h4-10H2,1-3H3,(H2,13,14). The molecule has 0 fully saturated rings. The summed E-state index contributed by atoms with van der Waals surface area (Å²) in [5.74, 6) is 0.693. The van der Waals surface area contributed by atoms with Gasteiger partial charge >= 0.3 is 0 Å². The Kier molecular flexibility index (Phi) is 5.06. The minimum atomic E-state index is 0.159. The molecule has 16 heavy (non-hydrogen) atoms. The van der Waals surface area contributed by atoms with E-state index < -0.39 is 0 Å². The number of ether oxygens (including phenoxy) is 1. The van der Waals surface area contributed by atoms with Crippen molar-refractivity contribution in [2.24, 2.45) is 10.7 Å². The normalized spacial score (nSPS) is 18.9. The number of hydrogen-bond acceptors (Lipinski definition) is 4. The van der Waals surface area contributed by atoms with Crippen molar-refractivity contribution in [2.75, 3.05) is 26.8 Å². The fourth-order valence-electron chi connectivity index (χ4n) is 2.66. The maximum Gasteiger partial charge on any atom is 0.191 e. The Morgan fingerprint density at radius 3 is 2.50 bits per heavy atom. The van der Waals surface area contributed by atoms with Crippen LogP contribution in [-0.2, 0) is 4.74 Å². The first-order chi connectivity index (χ1) is 7.70. The topological polar surface area (TPSA) is 50.8 Å². The highest BCUT2D eigenvalue weighted by Gasteiger charge is 2.40. The van der Waals surface area contributed by atoms with Crippen molar-refractivity contribution >= 4 is 5.96 Å². The first kappa shape index (κ1) is 13.3. The molecule has 1 aliphatic rings. The predicted molar refractivity (Wildman–Crippen MR) is 67.6 cm³/mol. The lowest BCUT2D eigenvalue weighted by Gasteiger charge is -2.39. The van der Waals surface area contributed by atoms with E-state index in [1.165, 1.54) is 12.8 Å². The summed E-state index contributed by atoms with van der Waals surface area (Å²) in [5, 5.41) is 0. The van der Waals surface area contributed by atoms with Crippen molar-refractivity contribution in [3.63, 3.8) is 0 Å². The molecule has 0 radical (unpaired) electrons. The van der Waals surface area contributed by atoms with Crippen molar-refractivity contribution in [1.82, 2.24) is 4.90 Å². The van der Waals surface area contributed by atoms with Crippen molar-refractivity contribution in [1.29, 1.82) is 0 Å². The second-order valence-electron chi connectivity index (χ2n) is 4.54. The van der Waals surface area contributed by atoms with Gasteiger partial charge in [-0.3, -0.25) is 4.99 Å². The van der Waals surface area contributed by atoms with Crippen LogP contribution >= 0.6 is 0 Å². The van der Waals surface area contributed by atoms with Crippen molar-refractivity contribution in [3.8, 4) is 0 Å². The van der Waals surface area contributed by atoms with Gasteiger partial charge in [0.15, 0.2) is 5.96 Å². The van der Waals surface area contributed by atoms with Gasteiger partial charge in [-0.15, -0.1) is 0 Å². The quantitative estimate of drug-likeness (QED) is 0.719. The van der Waals surface area contributed by atoms with Gasteiger partial charge in [0.25, 0.3) is 0 Å². The third-order valence-corrected chi connectivity index (χ3v) is 3.33. The number of aliphatic imine (C=N–C) groups is 1. The number of nitrogens with two attached hydrogens (primary N) is 1. The minimum Gasteiger partial charge on any atom is -0.383 e. The van der Waals surface area contributed by atoms with Crippen LogP contribution < -0.4 is 5.73 Å². The average Bonchev–Trinajstić information content (AvgIpc) is 2.55. The molecule has 0 aliphatic carbocycles. The van der Waals surface area contributed by atoms with Gasteiger partial charge in [-0.25, -0.2) is 0 Å². The number of rotatable bonds is 7. The predicted octanol–water partition coefficient (Wildman–Crippen LogP) is 1.60. The van der Waals surface area contributed by atoms with E-state index in [9.17, 15) is 0 Å². The van der Waals surface area contributed by atoms with Crippen LogP contribution in [0.4, 0.5) is 0 Å². The van der Waals surface area contributed by atoms with E-state index in [0.717, 1.165) is 25.9 Å². The lowest BCUT2D eigenvalue weighted by atomic mass is 9.87. The maximum absolute atomic E-state index is 5.98. The molecular formula is C12H25N3O. The van der Waals surface area contributed by atoms with E-state index in [4.69, 9.17) is 10.5 Å². The van der Waals surface area contributed by atoms with Crippen LogP contribution in [0.25, 0.3) is 0 Å². The SMILES string of the molecule is CCCC1(CCC)CN=C(N)N1CCOC. The van der Waals surface area contributed by atoms with Crippen molar-refractivity contribution in [3.05, 3.63) is 0 Å². The Hall–Kier alpha value is -0.770. The first-order valence-corrected chi connectivity index (χ1v) is 6.26. The molecule has 0 unspecified atom stereocenters. The number of hydrogen-bond donors (Lipinski definition) is 1. The molecule has 4 nitrogen and oxygen atoms in total. The largest absolute Gasteiger partial charge is 0.383 e. The van der Waals surface area contributed by atoms with Gasteiger partial charge < -0.3 is 15.4 Å². The van der Waals surface area contributed by atoms with Crippen LogP contribution in [0.1, 0.15) is 39.5 Å². The molecular weight excluding hydrogens is 202 g/mol. The summed E-state index contributed by atoms with van der Waals surface area (Å²) >= 11 is 0. The van der Waals surface area contributed by atoms with E-state index >= 15 is 0 Å². The van der Waals surface area contributed by atoms with Crippen molar-refractivity contribution < 1.29 is 4.74 Å². The van der Waals surface area contributed by atoms with E-state index in [0.29, 0.717) is 12.6 Å². The highest BCUT2D eigenvalue weighted by atomic mass is 16.5. The summed E-state index contributed by atoms with van der Waals surface area (Å²) in [4.78, 5) is 6.68. The minimum absolute atomic E-state index is 0.159. The van der Waals surface area contributed by atoms with Gasteiger partial charge in [-0.1, -0.05) is 26.7 Å². The maximum atomic E-state index is 5.98. The Morgan fingerprint density at radius 1 is 1.38 bits per heavy atom. The molecule has 0 aromatic rings. The van der Waals surface area contributed by atoms with Crippen molar-refractivity contribution in [2.45, 2.75) is 45.1 Å². The first-order valence-electron chi connectivity index (χ1n) is 6.26. The molecule has 1 rings (SSSR count). The molecule has 4 heteroatoms. The van der Waals surface area contributed by atoms with Gasteiger partial charge in [0, 0.05) is 13.7 Å². The lowest BCUT2D eigenvalue weighted by Crippen LogP contribution is -2.52. The fourth-order valence-corrected chi connectivity index (χ4v) is 2.66. The summed E-state index contributed by atoms with van der Waals surface area (Å²) in [6, 6.07) is 0. The monoisotopic (exact) mass is 227 g/mol. The van der Waals surface area contributed by atoms with E-state index in [1.807, 2.05) is 0 Å². The molecule has 0 aromatic heterocycles. The molecule has 2 N–H and O–H groups in total. The summed E-state index contributed by atoms with van der Waals surface area (Å²) in [7, 11) is 1.73. The summed E-state index contributed by atoms with van der Waals surface area (Å²) in [6.07, 6.45) is 4.67. The molecule has 0 aromatic carbocycles. The van der Waals surface area contributed by atoms with Gasteiger partial charge in [0.2, 0.25) is 0 Å². The van der Waals surface area contributed by atoms with E-state index in [-0.39, 0.29) is 5.54 Å². The van der Waals surface area contributed by atoms with Gasteiger partial charge in [0.1, 0.15) is 0 Å². The Balaban J connectivity index is 2.73. The zero-order chi connectivity index (χ0) is 12.0. The molecule has 1 heterocycles. The number of methoxy groups -OCH3 is 1. The van der Waals surface area contributed by atoms with E-state index in [2.05, 4.69) is 23.7 Å².